The summed E-state index contributed by atoms with van der Waals surface area (Å²) in [5.74, 6) is 0.266. The lowest BCUT2D eigenvalue weighted by Crippen LogP contribution is -2.31. The number of hydrogen-bond acceptors (Lipinski definition) is 8. The van der Waals surface area contributed by atoms with Crippen LogP contribution in [0, 0.1) is 0 Å². The van der Waals surface area contributed by atoms with E-state index in [9.17, 15) is 0 Å². The number of halogens is 1. The highest BCUT2D eigenvalue weighted by atomic mass is 35.5. The van der Waals surface area contributed by atoms with Crippen molar-refractivity contribution in [3.05, 3.63) is 5.15 Å². The van der Waals surface area contributed by atoms with Gasteiger partial charge < -0.3 is 14.2 Å². The monoisotopic (exact) mass is 427 g/mol. The molecule has 0 amide bonds. The maximum atomic E-state index is 6.35. The number of ether oxygens (including phenoxy) is 3. The Kier molecular flexibility index (Phi) is 5.81. The smallest absolute Gasteiger partial charge is 0.191 e. The fraction of sp³-hybridized carbons (Fsp3) is 0.778. The van der Waals surface area contributed by atoms with Crippen LogP contribution in [0.1, 0.15) is 53.0 Å². The molecule has 1 aliphatic heterocycles. The van der Waals surface area contributed by atoms with Crippen LogP contribution in [0.2, 0.25) is 5.15 Å². The van der Waals surface area contributed by atoms with Crippen molar-refractivity contribution >= 4 is 34.5 Å². The molecule has 0 aromatic carbocycles. The van der Waals surface area contributed by atoms with Gasteiger partial charge in [-0.1, -0.05) is 42.4 Å². The third-order valence-corrected chi connectivity index (χ3v) is 6.25. The summed E-state index contributed by atoms with van der Waals surface area (Å²) < 4.78 is 20.3. The molecule has 0 unspecified atom stereocenters. The summed E-state index contributed by atoms with van der Waals surface area (Å²) in [6.45, 7) is 8.76. The zero-order chi connectivity index (χ0) is 19.9. The molecule has 8 nitrogen and oxygen atoms in total. The molecule has 0 spiro atoms. The molecule has 2 aromatic rings. The second kappa shape index (κ2) is 8.02. The van der Waals surface area contributed by atoms with Crippen LogP contribution in [-0.2, 0) is 14.2 Å². The summed E-state index contributed by atoms with van der Waals surface area (Å²) in [7, 11) is 0. The predicted octanol–water partition coefficient (Wildman–Crippen LogP) is 3.64. The lowest BCUT2D eigenvalue weighted by atomic mass is 10.2. The number of rotatable bonds is 7. The Morgan fingerprint density at radius 3 is 2.75 bits per heavy atom. The van der Waals surface area contributed by atoms with E-state index in [1.165, 1.54) is 0 Å². The van der Waals surface area contributed by atoms with Crippen molar-refractivity contribution in [1.29, 1.82) is 0 Å². The second-order valence-electron chi connectivity index (χ2n) is 7.63. The lowest BCUT2D eigenvalue weighted by molar-refractivity contribution is -0.170. The minimum Gasteiger partial charge on any atom is -0.375 e. The first-order valence-corrected chi connectivity index (χ1v) is 11.2. The molecule has 1 aliphatic carbocycles. The molecule has 0 bridgehead atoms. The Hall–Kier alpha value is -1.00. The van der Waals surface area contributed by atoms with Crippen LogP contribution < -0.4 is 0 Å². The highest BCUT2D eigenvalue weighted by Crippen LogP contribution is 2.45. The van der Waals surface area contributed by atoms with Crippen LogP contribution in [0.25, 0.3) is 11.2 Å². The Morgan fingerprint density at radius 1 is 1.21 bits per heavy atom. The van der Waals surface area contributed by atoms with Gasteiger partial charge in [-0.15, -0.1) is 5.10 Å². The number of aromatic nitrogens is 5. The Labute approximate surface area is 173 Å². The molecule has 4 atom stereocenters. The molecule has 1 saturated carbocycles. The van der Waals surface area contributed by atoms with E-state index in [0.29, 0.717) is 28.1 Å². The summed E-state index contributed by atoms with van der Waals surface area (Å²) in [6.07, 6.45) is 2.34. The zero-order valence-corrected chi connectivity index (χ0v) is 18.2. The molecule has 4 rings (SSSR count). The molecule has 0 radical (unpaired) electrons. The summed E-state index contributed by atoms with van der Waals surface area (Å²) in [6, 6.07) is -0.0892. The molecular weight excluding hydrogens is 402 g/mol. The van der Waals surface area contributed by atoms with Gasteiger partial charge in [-0.3, -0.25) is 0 Å². The van der Waals surface area contributed by atoms with Gasteiger partial charge in [0.1, 0.15) is 12.2 Å². The molecule has 2 aliphatic rings. The Bertz CT molecular complexity index is 848. The maximum absolute atomic E-state index is 6.35. The van der Waals surface area contributed by atoms with Crippen LogP contribution in [0.5, 0.6) is 0 Å². The van der Waals surface area contributed by atoms with Gasteiger partial charge in [-0.25, -0.2) is 14.6 Å². The van der Waals surface area contributed by atoms with Crippen LogP contribution in [-0.4, -0.2) is 61.4 Å². The first-order valence-electron chi connectivity index (χ1n) is 9.82. The molecule has 154 valence electrons. The molecule has 2 aromatic heterocycles. The second-order valence-corrected chi connectivity index (χ2v) is 9.05. The average molecular weight is 428 g/mol. The fourth-order valence-electron chi connectivity index (χ4n) is 3.84. The van der Waals surface area contributed by atoms with Crippen molar-refractivity contribution in [2.24, 2.45) is 0 Å². The summed E-state index contributed by atoms with van der Waals surface area (Å²) >= 11 is 7.93. The third kappa shape index (κ3) is 3.75. The van der Waals surface area contributed by atoms with E-state index in [1.807, 2.05) is 18.5 Å². The van der Waals surface area contributed by atoms with Crippen LogP contribution in [0.3, 0.4) is 0 Å². The van der Waals surface area contributed by atoms with Crippen LogP contribution in [0.15, 0.2) is 5.16 Å². The van der Waals surface area contributed by atoms with E-state index in [2.05, 4.69) is 34.1 Å². The van der Waals surface area contributed by atoms with Crippen LogP contribution in [0.4, 0.5) is 0 Å². The van der Waals surface area contributed by atoms with Gasteiger partial charge in [0, 0.05) is 18.8 Å². The standard InChI is InChI=1S/C18H26ClN5O3S/c1-5-7-25-11-9-10(13-14(11)27-18(3,4)26-13)24-16-12(22-23-24)15(19)20-17(21-16)28-8-6-2/h10-11,13-14H,5-9H2,1-4H3/t10-,11+,13+,14-/m1/s1. The normalized spacial score (nSPS) is 28.9. The molecule has 0 N–H and O–H groups in total. The van der Waals surface area contributed by atoms with E-state index >= 15 is 0 Å². The van der Waals surface area contributed by atoms with Crippen molar-refractivity contribution in [3.8, 4) is 0 Å². The number of hydrogen-bond donors (Lipinski definition) is 0. The maximum Gasteiger partial charge on any atom is 0.191 e. The molecule has 28 heavy (non-hydrogen) atoms. The largest absolute Gasteiger partial charge is 0.375 e. The zero-order valence-electron chi connectivity index (χ0n) is 16.6. The molecule has 3 heterocycles. The van der Waals surface area contributed by atoms with E-state index in [-0.39, 0.29) is 24.4 Å². The lowest BCUT2D eigenvalue weighted by Gasteiger charge is -2.23. The summed E-state index contributed by atoms with van der Waals surface area (Å²) in [5, 5.41) is 9.56. The van der Waals surface area contributed by atoms with E-state index in [1.54, 1.807) is 11.8 Å². The molecule has 10 heteroatoms. The van der Waals surface area contributed by atoms with Gasteiger partial charge in [0.2, 0.25) is 0 Å². The number of fused-ring (bicyclic) bond motifs is 2. The predicted molar refractivity (Wildman–Crippen MR) is 107 cm³/mol. The first-order chi connectivity index (χ1) is 13.4. The van der Waals surface area contributed by atoms with Gasteiger partial charge in [-0.2, -0.15) is 0 Å². The van der Waals surface area contributed by atoms with Crippen molar-refractivity contribution in [3.63, 3.8) is 0 Å². The topological polar surface area (TPSA) is 84.2 Å². The van der Waals surface area contributed by atoms with Crippen molar-refractivity contribution in [2.45, 2.75) is 82.3 Å². The van der Waals surface area contributed by atoms with E-state index < -0.39 is 5.79 Å². The highest BCUT2D eigenvalue weighted by molar-refractivity contribution is 7.99. The number of thioether (sulfide) groups is 1. The Balaban J connectivity index is 1.69. The average Bonchev–Trinajstić information content (AvgIpc) is 3.29. The van der Waals surface area contributed by atoms with Gasteiger partial charge >= 0.3 is 0 Å². The van der Waals surface area contributed by atoms with Crippen molar-refractivity contribution < 1.29 is 14.2 Å². The summed E-state index contributed by atoms with van der Waals surface area (Å²) in [4.78, 5) is 9.03. The van der Waals surface area contributed by atoms with Gasteiger partial charge in [0.05, 0.1) is 12.1 Å². The van der Waals surface area contributed by atoms with Crippen LogP contribution >= 0.6 is 23.4 Å². The SMILES string of the molecule is CCCO[C@H]1C[C@@H](n2nnc3c(Cl)nc(SCCC)nc32)[C@@H]2OC(C)(C)O[C@@H]21. The van der Waals surface area contributed by atoms with Crippen molar-refractivity contribution in [2.75, 3.05) is 12.4 Å². The minimum absolute atomic E-state index is 0.0535. The first kappa shape index (κ1) is 20.3. The molecule has 1 saturated heterocycles. The fourth-order valence-corrected chi connectivity index (χ4v) is 4.79. The Morgan fingerprint density at radius 2 is 2.00 bits per heavy atom. The summed E-state index contributed by atoms with van der Waals surface area (Å²) in [5.41, 5.74) is 1.14. The minimum atomic E-state index is -0.660. The van der Waals surface area contributed by atoms with E-state index in [4.69, 9.17) is 25.8 Å². The van der Waals surface area contributed by atoms with Crippen molar-refractivity contribution in [1.82, 2.24) is 25.0 Å². The molecular formula is C18H26ClN5O3S. The van der Waals surface area contributed by atoms with E-state index in [0.717, 1.165) is 25.0 Å². The van der Waals surface area contributed by atoms with Gasteiger partial charge in [0.25, 0.3) is 0 Å². The third-order valence-electron chi connectivity index (χ3n) is 4.93. The number of nitrogens with zero attached hydrogens (tertiary/aromatic N) is 5. The van der Waals surface area contributed by atoms with Gasteiger partial charge in [0.15, 0.2) is 27.3 Å². The molecule has 2 fully saturated rings. The van der Waals surface area contributed by atoms with Gasteiger partial charge in [-0.05, 0) is 26.7 Å². The quantitative estimate of drug-likeness (QED) is 0.376. The highest BCUT2D eigenvalue weighted by Gasteiger charge is 2.56.